The van der Waals surface area contributed by atoms with Gasteiger partial charge >= 0.3 is 0 Å². The molecular formula is C30H35N7O2. The molecule has 0 unspecified atom stereocenters. The number of nitrogens with zero attached hydrogens (tertiary/aromatic N) is 4. The number of carbonyl (C=O) groups is 1. The first-order valence-electron chi connectivity index (χ1n) is 13.1. The highest BCUT2D eigenvalue weighted by Gasteiger charge is 2.24. The van der Waals surface area contributed by atoms with Gasteiger partial charge in [0.15, 0.2) is 0 Å². The summed E-state index contributed by atoms with van der Waals surface area (Å²) in [6, 6.07) is 12.3. The van der Waals surface area contributed by atoms with E-state index in [4.69, 9.17) is 9.72 Å². The number of fused-ring (bicyclic) bond motifs is 1. The second-order valence-corrected chi connectivity index (χ2v) is 10.2. The van der Waals surface area contributed by atoms with Crippen LogP contribution in [0.1, 0.15) is 24.3 Å². The molecule has 0 aliphatic heterocycles. The second-order valence-electron chi connectivity index (χ2n) is 10.2. The Morgan fingerprint density at radius 3 is 2.69 bits per heavy atom. The Balaban J connectivity index is 1.46. The first kappa shape index (κ1) is 26.2. The number of rotatable bonds is 11. The molecule has 9 heteroatoms. The Labute approximate surface area is 228 Å². The SMILES string of the molecule is C=CC(=O)Nc1cc(Nc2nccc(-c3c[nH]c4cc(C5CC5)ccc34)n2)c(OC)cc1N(C)CCN(C)C. The fourth-order valence-electron chi connectivity index (χ4n) is 4.62. The molecule has 2 aromatic heterocycles. The lowest BCUT2D eigenvalue weighted by atomic mass is 10.1. The zero-order valence-corrected chi connectivity index (χ0v) is 22.9. The Hall–Kier alpha value is -4.37. The van der Waals surface area contributed by atoms with Crippen LogP contribution in [0.15, 0.2) is 61.4 Å². The third-order valence-corrected chi connectivity index (χ3v) is 6.99. The van der Waals surface area contributed by atoms with Crippen LogP contribution >= 0.6 is 0 Å². The molecule has 1 amide bonds. The van der Waals surface area contributed by atoms with Crippen molar-refractivity contribution >= 4 is 39.8 Å². The second kappa shape index (κ2) is 11.2. The molecule has 39 heavy (non-hydrogen) atoms. The van der Waals surface area contributed by atoms with E-state index in [0.717, 1.165) is 40.9 Å². The van der Waals surface area contributed by atoms with E-state index in [2.05, 4.69) is 55.2 Å². The standard InChI is InChI=1S/C30H35N7O2/c1-6-29(38)33-25-16-26(28(39-5)17-27(25)37(4)14-13-36(2)3)35-30-31-12-11-23(34-30)22-18-32-24-15-20(19-7-8-19)9-10-21(22)24/h6,9-12,15-19,32H,1,7-8,13-14H2,2-5H3,(H,33,38)(H,31,34,35). The fourth-order valence-corrected chi connectivity index (χ4v) is 4.62. The third kappa shape index (κ3) is 5.88. The Kier molecular flexibility index (Phi) is 7.51. The van der Waals surface area contributed by atoms with Crippen LogP contribution in [0.25, 0.3) is 22.2 Å². The molecule has 0 bridgehead atoms. The minimum atomic E-state index is -0.296. The molecule has 2 aromatic carbocycles. The van der Waals surface area contributed by atoms with Crippen molar-refractivity contribution in [2.24, 2.45) is 0 Å². The predicted octanol–water partition coefficient (Wildman–Crippen LogP) is 5.38. The van der Waals surface area contributed by atoms with E-state index < -0.39 is 0 Å². The van der Waals surface area contributed by atoms with E-state index >= 15 is 0 Å². The van der Waals surface area contributed by atoms with Gasteiger partial charge < -0.3 is 30.2 Å². The summed E-state index contributed by atoms with van der Waals surface area (Å²) >= 11 is 0. The third-order valence-electron chi connectivity index (χ3n) is 6.99. The van der Waals surface area contributed by atoms with E-state index in [1.165, 1.54) is 24.5 Å². The summed E-state index contributed by atoms with van der Waals surface area (Å²) in [7, 11) is 7.65. The van der Waals surface area contributed by atoms with Crippen molar-refractivity contribution in [3.63, 3.8) is 0 Å². The van der Waals surface area contributed by atoms with E-state index in [0.29, 0.717) is 29.0 Å². The van der Waals surface area contributed by atoms with Gasteiger partial charge in [-0.15, -0.1) is 0 Å². The van der Waals surface area contributed by atoms with Crippen molar-refractivity contribution in [1.29, 1.82) is 0 Å². The molecule has 9 nitrogen and oxygen atoms in total. The van der Waals surface area contributed by atoms with Gasteiger partial charge in [0.25, 0.3) is 0 Å². The molecule has 0 radical (unpaired) electrons. The first-order chi connectivity index (χ1) is 18.9. The number of nitrogens with one attached hydrogen (secondary N) is 3. The monoisotopic (exact) mass is 525 g/mol. The van der Waals surface area contributed by atoms with Crippen LogP contribution in [0.3, 0.4) is 0 Å². The number of carbonyl (C=O) groups excluding carboxylic acids is 1. The number of likely N-dealkylation sites (N-methyl/N-ethyl adjacent to an activating group) is 2. The van der Waals surface area contributed by atoms with Crippen molar-refractivity contribution < 1.29 is 9.53 Å². The molecule has 1 fully saturated rings. The quantitative estimate of drug-likeness (QED) is 0.226. The Bertz CT molecular complexity index is 1510. The highest BCUT2D eigenvalue weighted by molar-refractivity contribution is 6.02. The van der Waals surface area contributed by atoms with Crippen LogP contribution in [0.4, 0.5) is 23.0 Å². The summed E-state index contributed by atoms with van der Waals surface area (Å²) in [4.78, 5) is 29.1. The van der Waals surface area contributed by atoms with E-state index in [1.807, 2.05) is 45.5 Å². The maximum Gasteiger partial charge on any atom is 0.247 e. The maximum absolute atomic E-state index is 12.3. The largest absolute Gasteiger partial charge is 0.494 e. The van der Waals surface area contributed by atoms with Crippen LogP contribution in [-0.2, 0) is 4.79 Å². The fraction of sp³-hybridized carbons (Fsp3) is 0.300. The van der Waals surface area contributed by atoms with Gasteiger partial charge in [0.2, 0.25) is 11.9 Å². The van der Waals surface area contributed by atoms with E-state index in [9.17, 15) is 4.79 Å². The number of ether oxygens (including phenoxy) is 1. The van der Waals surface area contributed by atoms with E-state index in [-0.39, 0.29) is 5.91 Å². The van der Waals surface area contributed by atoms with Crippen molar-refractivity contribution in [2.75, 3.05) is 56.9 Å². The lowest BCUT2D eigenvalue weighted by Gasteiger charge is -2.26. The maximum atomic E-state index is 12.3. The molecule has 202 valence electrons. The van der Waals surface area contributed by atoms with Gasteiger partial charge in [0.1, 0.15) is 5.75 Å². The van der Waals surface area contributed by atoms with Crippen LogP contribution < -0.4 is 20.3 Å². The van der Waals surface area contributed by atoms with E-state index in [1.54, 1.807) is 13.3 Å². The molecule has 4 aromatic rings. The summed E-state index contributed by atoms with van der Waals surface area (Å²) in [5.74, 6) is 1.43. The lowest BCUT2D eigenvalue weighted by Crippen LogP contribution is -2.29. The smallest absolute Gasteiger partial charge is 0.247 e. The average Bonchev–Trinajstić information content (AvgIpc) is 3.70. The molecule has 2 heterocycles. The normalized spacial score (nSPS) is 12.9. The van der Waals surface area contributed by atoms with Crippen LogP contribution in [0.2, 0.25) is 0 Å². The molecule has 1 aliphatic rings. The zero-order valence-electron chi connectivity index (χ0n) is 22.9. The summed E-state index contributed by atoms with van der Waals surface area (Å²) < 4.78 is 5.72. The lowest BCUT2D eigenvalue weighted by molar-refractivity contribution is -0.111. The number of methoxy groups -OCH3 is 1. The van der Waals surface area contributed by atoms with Crippen molar-refractivity contribution in [3.05, 3.63) is 67.0 Å². The molecule has 3 N–H and O–H groups in total. The van der Waals surface area contributed by atoms with Crippen molar-refractivity contribution in [2.45, 2.75) is 18.8 Å². The molecule has 0 saturated heterocycles. The molecular weight excluding hydrogens is 490 g/mol. The molecule has 5 rings (SSSR count). The molecule has 1 aliphatic carbocycles. The summed E-state index contributed by atoms with van der Waals surface area (Å²) in [5, 5.41) is 7.34. The highest BCUT2D eigenvalue weighted by Crippen LogP contribution is 2.42. The Morgan fingerprint density at radius 1 is 1.15 bits per heavy atom. The van der Waals surface area contributed by atoms with Gasteiger partial charge in [-0.3, -0.25) is 4.79 Å². The molecule has 0 spiro atoms. The number of H-pyrrole nitrogens is 1. The van der Waals surface area contributed by atoms with Gasteiger partial charge in [-0.2, -0.15) is 0 Å². The molecule has 0 atom stereocenters. The van der Waals surface area contributed by atoms with Crippen molar-refractivity contribution in [1.82, 2.24) is 19.9 Å². The number of hydrogen-bond donors (Lipinski definition) is 3. The summed E-state index contributed by atoms with van der Waals surface area (Å²) in [6.45, 7) is 5.20. The predicted molar refractivity (Wildman–Crippen MR) is 158 cm³/mol. The van der Waals surface area contributed by atoms with Crippen molar-refractivity contribution in [3.8, 4) is 17.0 Å². The number of amides is 1. The van der Waals surface area contributed by atoms with Gasteiger partial charge in [0, 0.05) is 55.1 Å². The molecule has 1 saturated carbocycles. The first-order valence-corrected chi connectivity index (χ1v) is 13.1. The van der Waals surface area contributed by atoms with Gasteiger partial charge in [-0.1, -0.05) is 18.7 Å². The zero-order chi connectivity index (χ0) is 27.5. The number of anilines is 4. The number of hydrogen-bond acceptors (Lipinski definition) is 7. The van der Waals surface area contributed by atoms with Crippen LogP contribution in [0.5, 0.6) is 5.75 Å². The topological polar surface area (TPSA) is 98.4 Å². The average molecular weight is 526 g/mol. The highest BCUT2D eigenvalue weighted by atomic mass is 16.5. The minimum absolute atomic E-state index is 0.296. The van der Waals surface area contributed by atoms with Crippen LogP contribution in [-0.4, -0.2) is 67.1 Å². The van der Waals surface area contributed by atoms with Gasteiger partial charge in [-0.25, -0.2) is 9.97 Å². The minimum Gasteiger partial charge on any atom is -0.494 e. The van der Waals surface area contributed by atoms with Crippen LogP contribution in [0, 0.1) is 0 Å². The number of aromatic nitrogens is 3. The van der Waals surface area contributed by atoms with Gasteiger partial charge in [-0.05, 0) is 62.7 Å². The summed E-state index contributed by atoms with van der Waals surface area (Å²) in [6.07, 6.45) is 7.53. The Morgan fingerprint density at radius 2 is 1.97 bits per heavy atom. The number of benzene rings is 2. The van der Waals surface area contributed by atoms with Gasteiger partial charge in [0.05, 0.1) is 29.9 Å². The summed E-state index contributed by atoms with van der Waals surface area (Å²) in [5.41, 5.74) is 6.41. The number of aromatic amines is 1.